The number of benzene rings is 1. The Morgan fingerprint density at radius 3 is 2.25 bits per heavy atom. The van der Waals surface area contributed by atoms with Gasteiger partial charge in [0.05, 0.1) is 0 Å². The smallest absolute Gasteiger partial charge is 0.123 e. The summed E-state index contributed by atoms with van der Waals surface area (Å²) in [6.07, 6.45) is 0. The summed E-state index contributed by atoms with van der Waals surface area (Å²) in [6, 6.07) is 7.39. The van der Waals surface area contributed by atoms with Gasteiger partial charge in [0.1, 0.15) is 5.82 Å². The number of hydrogen-bond donors (Lipinski definition) is 1. The van der Waals surface area contributed by atoms with Gasteiger partial charge in [-0.3, -0.25) is 4.90 Å². The van der Waals surface area contributed by atoms with E-state index in [-0.39, 0.29) is 11.4 Å². The van der Waals surface area contributed by atoms with Crippen LogP contribution in [0.1, 0.15) is 19.4 Å². The van der Waals surface area contributed by atoms with Crippen molar-refractivity contribution in [3.8, 4) is 0 Å². The fourth-order valence-corrected chi connectivity index (χ4v) is 2.07. The first-order valence-electron chi connectivity index (χ1n) is 5.71. The van der Waals surface area contributed by atoms with Gasteiger partial charge in [0.2, 0.25) is 0 Å². The Labute approximate surface area is 96.5 Å². The summed E-state index contributed by atoms with van der Waals surface area (Å²) in [7, 11) is 2.13. The Bertz CT molecular complexity index is 355. The van der Waals surface area contributed by atoms with Crippen molar-refractivity contribution in [3.63, 3.8) is 0 Å². The second kappa shape index (κ2) is 4.15. The molecule has 0 radical (unpaired) electrons. The van der Waals surface area contributed by atoms with Crippen LogP contribution >= 0.6 is 0 Å². The number of likely N-dealkylation sites (N-methyl/N-ethyl adjacent to an activating group) is 1. The lowest BCUT2D eigenvalue weighted by atomic mass is 9.90. The number of rotatable bonds is 3. The quantitative estimate of drug-likeness (QED) is 0.841. The Balaban J connectivity index is 2.19. The zero-order valence-electron chi connectivity index (χ0n) is 10.1. The van der Waals surface area contributed by atoms with E-state index in [1.165, 1.54) is 12.1 Å². The summed E-state index contributed by atoms with van der Waals surface area (Å²) in [5.74, 6) is -0.174. The van der Waals surface area contributed by atoms with Gasteiger partial charge >= 0.3 is 0 Å². The van der Waals surface area contributed by atoms with Gasteiger partial charge in [-0.2, -0.15) is 0 Å². The van der Waals surface area contributed by atoms with Gasteiger partial charge in [0, 0.05) is 24.7 Å². The van der Waals surface area contributed by atoms with Gasteiger partial charge in [-0.25, -0.2) is 4.39 Å². The average molecular weight is 222 g/mol. The van der Waals surface area contributed by atoms with Gasteiger partial charge in [-0.05, 0) is 38.6 Å². The van der Waals surface area contributed by atoms with E-state index in [0.29, 0.717) is 6.04 Å². The Morgan fingerprint density at radius 1 is 1.25 bits per heavy atom. The minimum atomic E-state index is -0.174. The van der Waals surface area contributed by atoms with Crippen molar-refractivity contribution in [1.29, 1.82) is 0 Å². The van der Waals surface area contributed by atoms with Crippen LogP contribution in [-0.2, 0) is 5.54 Å². The van der Waals surface area contributed by atoms with E-state index in [9.17, 15) is 4.39 Å². The molecule has 0 aliphatic carbocycles. The van der Waals surface area contributed by atoms with Gasteiger partial charge in [-0.15, -0.1) is 0 Å². The second-order valence-corrected chi connectivity index (χ2v) is 4.99. The lowest BCUT2D eigenvalue weighted by Gasteiger charge is -2.45. The molecule has 1 saturated heterocycles. The first kappa shape index (κ1) is 11.6. The molecule has 16 heavy (non-hydrogen) atoms. The molecule has 1 fully saturated rings. The summed E-state index contributed by atoms with van der Waals surface area (Å²) in [4.78, 5) is 2.36. The van der Waals surface area contributed by atoms with Crippen LogP contribution in [0.4, 0.5) is 4.39 Å². The molecule has 1 heterocycles. The Kier molecular flexibility index (Phi) is 3.00. The minimum absolute atomic E-state index is 0.0551. The topological polar surface area (TPSA) is 15.3 Å². The molecule has 88 valence electrons. The summed E-state index contributed by atoms with van der Waals surface area (Å²) in [5, 5.41) is 3.27. The third-order valence-electron chi connectivity index (χ3n) is 3.74. The van der Waals surface area contributed by atoms with E-state index in [1.807, 2.05) is 12.1 Å². The molecule has 2 nitrogen and oxygen atoms in total. The van der Waals surface area contributed by atoms with Crippen molar-refractivity contribution >= 4 is 0 Å². The van der Waals surface area contributed by atoms with Crippen molar-refractivity contribution in [3.05, 3.63) is 35.6 Å². The molecular formula is C13H19FN2. The zero-order chi connectivity index (χ0) is 11.8. The SMILES string of the molecule is CN(C1CNC1)C(C)(C)c1ccc(F)cc1. The van der Waals surface area contributed by atoms with E-state index >= 15 is 0 Å². The van der Waals surface area contributed by atoms with Gasteiger partial charge in [-0.1, -0.05) is 12.1 Å². The van der Waals surface area contributed by atoms with Crippen LogP contribution in [-0.4, -0.2) is 31.1 Å². The highest BCUT2D eigenvalue weighted by atomic mass is 19.1. The second-order valence-electron chi connectivity index (χ2n) is 4.99. The molecule has 0 atom stereocenters. The summed E-state index contributed by atoms with van der Waals surface area (Å²) < 4.78 is 12.9. The third-order valence-corrected chi connectivity index (χ3v) is 3.74. The lowest BCUT2D eigenvalue weighted by Crippen LogP contribution is -2.60. The normalized spacial score (nSPS) is 17.6. The molecule has 1 N–H and O–H groups in total. The predicted molar refractivity (Wildman–Crippen MR) is 63.8 cm³/mol. The van der Waals surface area contributed by atoms with Crippen LogP contribution in [0.2, 0.25) is 0 Å². The molecule has 3 heteroatoms. The zero-order valence-corrected chi connectivity index (χ0v) is 10.1. The van der Waals surface area contributed by atoms with Crippen molar-refractivity contribution < 1.29 is 4.39 Å². The van der Waals surface area contributed by atoms with Crippen LogP contribution in [0, 0.1) is 5.82 Å². The largest absolute Gasteiger partial charge is 0.314 e. The molecule has 1 aromatic rings. The number of halogens is 1. The maximum Gasteiger partial charge on any atom is 0.123 e. The van der Waals surface area contributed by atoms with Crippen LogP contribution in [0.25, 0.3) is 0 Å². The van der Waals surface area contributed by atoms with Gasteiger partial charge < -0.3 is 5.32 Å². The molecule has 0 spiro atoms. The van der Waals surface area contributed by atoms with Crippen molar-refractivity contribution in [2.24, 2.45) is 0 Å². The third kappa shape index (κ3) is 1.97. The van der Waals surface area contributed by atoms with Crippen LogP contribution in [0.3, 0.4) is 0 Å². The van der Waals surface area contributed by atoms with Crippen LogP contribution in [0.5, 0.6) is 0 Å². The molecule has 0 amide bonds. The molecule has 0 saturated carbocycles. The van der Waals surface area contributed by atoms with Crippen LogP contribution < -0.4 is 5.32 Å². The van der Waals surface area contributed by atoms with Gasteiger partial charge in [0.25, 0.3) is 0 Å². The van der Waals surface area contributed by atoms with Crippen LogP contribution in [0.15, 0.2) is 24.3 Å². The minimum Gasteiger partial charge on any atom is -0.314 e. The lowest BCUT2D eigenvalue weighted by molar-refractivity contribution is 0.0685. The summed E-state index contributed by atoms with van der Waals surface area (Å²) in [6.45, 7) is 6.44. The maximum atomic E-state index is 12.9. The highest BCUT2D eigenvalue weighted by Crippen LogP contribution is 2.29. The van der Waals surface area contributed by atoms with Crippen molar-refractivity contribution in [1.82, 2.24) is 10.2 Å². The van der Waals surface area contributed by atoms with E-state index in [0.717, 1.165) is 18.7 Å². The van der Waals surface area contributed by atoms with E-state index in [1.54, 1.807) is 0 Å². The highest BCUT2D eigenvalue weighted by Gasteiger charge is 2.33. The molecule has 0 unspecified atom stereocenters. The average Bonchev–Trinajstić information content (AvgIpc) is 2.15. The summed E-state index contributed by atoms with van der Waals surface area (Å²) >= 11 is 0. The molecule has 1 aliphatic heterocycles. The number of nitrogens with zero attached hydrogens (tertiary/aromatic N) is 1. The summed E-state index contributed by atoms with van der Waals surface area (Å²) in [5.41, 5.74) is 1.10. The van der Waals surface area contributed by atoms with E-state index < -0.39 is 0 Å². The highest BCUT2D eigenvalue weighted by molar-refractivity contribution is 5.24. The molecule has 2 rings (SSSR count). The molecule has 0 aromatic heterocycles. The maximum absolute atomic E-state index is 12.9. The van der Waals surface area contributed by atoms with Crippen molar-refractivity contribution in [2.75, 3.05) is 20.1 Å². The van der Waals surface area contributed by atoms with E-state index in [4.69, 9.17) is 0 Å². The molecule has 0 bridgehead atoms. The first-order chi connectivity index (χ1) is 7.51. The fraction of sp³-hybridized carbons (Fsp3) is 0.538. The number of nitrogens with one attached hydrogen (secondary N) is 1. The van der Waals surface area contributed by atoms with E-state index in [2.05, 4.69) is 31.1 Å². The molecular weight excluding hydrogens is 203 g/mol. The fourth-order valence-electron chi connectivity index (χ4n) is 2.07. The van der Waals surface area contributed by atoms with Crippen molar-refractivity contribution in [2.45, 2.75) is 25.4 Å². The standard InChI is InChI=1S/C13H19FN2/c1-13(2,16(3)12-8-15-9-12)10-4-6-11(14)7-5-10/h4-7,12,15H,8-9H2,1-3H3. The monoisotopic (exact) mass is 222 g/mol. The Hall–Kier alpha value is -0.930. The first-order valence-corrected chi connectivity index (χ1v) is 5.71. The predicted octanol–water partition coefficient (Wildman–Crippen LogP) is 1.96. The molecule has 1 aromatic carbocycles. The number of hydrogen-bond acceptors (Lipinski definition) is 2. The van der Waals surface area contributed by atoms with Gasteiger partial charge in [0.15, 0.2) is 0 Å². The Morgan fingerprint density at radius 2 is 1.81 bits per heavy atom. The molecule has 1 aliphatic rings.